The van der Waals surface area contributed by atoms with Crippen LogP contribution in [0.25, 0.3) is 0 Å². The van der Waals surface area contributed by atoms with Gasteiger partial charge in [-0.25, -0.2) is 0 Å². The molecule has 2 aromatic rings. The van der Waals surface area contributed by atoms with Crippen LogP contribution in [0.3, 0.4) is 0 Å². The van der Waals surface area contributed by atoms with E-state index < -0.39 is 0 Å². The molecule has 2 aliphatic rings. The summed E-state index contributed by atoms with van der Waals surface area (Å²) in [6, 6.07) is 5.95. The predicted molar refractivity (Wildman–Crippen MR) is 90.2 cm³/mol. The minimum Gasteiger partial charge on any atom is -0.467 e. The van der Waals surface area contributed by atoms with Crippen molar-refractivity contribution in [2.45, 2.75) is 31.8 Å². The number of thiophene rings is 1. The van der Waals surface area contributed by atoms with E-state index in [1.54, 1.807) is 22.5 Å². The minimum atomic E-state index is -0.230. The summed E-state index contributed by atoms with van der Waals surface area (Å²) in [7, 11) is 0. The first-order chi connectivity index (χ1) is 11.7. The second-order valence-corrected chi connectivity index (χ2v) is 7.28. The Hall–Kier alpha value is -2.08. The summed E-state index contributed by atoms with van der Waals surface area (Å²) in [5.41, 5.74) is 1.22. The van der Waals surface area contributed by atoms with Crippen LogP contribution in [-0.2, 0) is 16.1 Å². The Balaban J connectivity index is 1.44. The van der Waals surface area contributed by atoms with Crippen molar-refractivity contribution < 1.29 is 14.0 Å². The van der Waals surface area contributed by atoms with Gasteiger partial charge in [-0.15, -0.1) is 0 Å². The molecule has 2 atom stereocenters. The van der Waals surface area contributed by atoms with Crippen molar-refractivity contribution >= 4 is 23.2 Å². The van der Waals surface area contributed by atoms with E-state index in [4.69, 9.17) is 4.42 Å². The number of hydrogen-bond donors (Lipinski definition) is 0. The number of carbonyl (C=O) groups is 2. The van der Waals surface area contributed by atoms with Gasteiger partial charge in [-0.1, -0.05) is 0 Å². The van der Waals surface area contributed by atoms with Crippen molar-refractivity contribution in [1.29, 1.82) is 0 Å². The topological polar surface area (TPSA) is 53.8 Å². The Morgan fingerprint density at radius 2 is 2.29 bits per heavy atom. The van der Waals surface area contributed by atoms with Crippen molar-refractivity contribution in [3.63, 3.8) is 0 Å². The monoisotopic (exact) mass is 344 g/mol. The fourth-order valence-electron chi connectivity index (χ4n) is 3.76. The normalized spacial score (nSPS) is 24.1. The second-order valence-electron chi connectivity index (χ2n) is 6.50. The number of furan rings is 1. The van der Waals surface area contributed by atoms with Crippen LogP contribution in [0, 0.1) is 5.92 Å². The van der Waals surface area contributed by atoms with Crippen LogP contribution in [0.2, 0.25) is 0 Å². The van der Waals surface area contributed by atoms with Crippen molar-refractivity contribution in [2.24, 2.45) is 5.92 Å². The van der Waals surface area contributed by atoms with Gasteiger partial charge in [0.15, 0.2) is 0 Å². The molecule has 0 N–H and O–H groups in total. The summed E-state index contributed by atoms with van der Waals surface area (Å²) >= 11 is 1.66. The van der Waals surface area contributed by atoms with Gasteiger partial charge in [0.05, 0.1) is 24.8 Å². The number of likely N-dealkylation sites (tertiary alicyclic amines) is 2. The molecule has 0 radical (unpaired) electrons. The van der Waals surface area contributed by atoms with E-state index in [0.717, 1.165) is 25.1 Å². The van der Waals surface area contributed by atoms with Gasteiger partial charge < -0.3 is 14.2 Å². The molecule has 5 nitrogen and oxygen atoms in total. The van der Waals surface area contributed by atoms with Crippen LogP contribution in [0.15, 0.2) is 39.6 Å². The van der Waals surface area contributed by atoms with Crippen molar-refractivity contribution in [3.05, 3.63) is 46.5 Å². The first-order valence-electron chi connectivity index (χ1n) is 8.35. The van der Waals surface area contributed by atoms with Crippen LogP contribution in [0.4, 0.5) is 0 Å². The highest BCUT2D eigenvalue weighted by Gasteiger charge is 2.40. The highest BCUT2D eigenvalue weighted by atomic mass is 32.1. The maximum atomic E-state index is 13.0. The van der Waals surface area contributed by atoms with Crippen molar-refractivity contribution in [2.75, 3.05) is 13.1 Å². The summed E-state index contributed by atoms with van der Waals surface area (Å²) in [4.78, 5) is 28.9. The molecule has 126 valence electrons. The van der Waals surface area contributed by atoms with E-state index >= 15 is 0 Å². The lowest BCUT2D eigenvalue weighted by Gasteiger charge is -2.27. The Kier molecular flexibility index (Phi) is 4.14. The fourth-order valence-corrected chi connectivity index (χ4v) is 4.46. The molecule has 2 aromatic heterocycles. The Morgan fingerprint density at radius 3 is 3.04 bits per heavy atom. The minimum absolute atomic E-state index is 0.0380. The predicted octanol–water partition coefficient (Wildman–Crippen LogP) is 3.05. The van der Waals surface area contributed by atoms with E-state index in [9.17, 15) is 9.59 Å². The maximum absolute atomic E-state index is 13.0. The van der Waals surface area contributed by atoms with Gasteiger partial charge in [-0.3, -0.25) is 9.59 Å². The molecule has 24 heavy (non-hydrogen) atoms. The number of carbonyl (C=O) groups excluding carboxylic acids is 2. The molecule has 0 bridgehead atoms. The largest absolute Gasteiger partial charge is 0.467 e. The van der Waals surface area contributed by atoms with Gasteiger partial charge >= 0.3 is 0 Å². The third-order valence-corrected chi connectivity index (χ3v) is 5.66. The lowest BCUT2D eigenvalue weighted by atomic mass is 10.0. The Labute approximate surface area is 144 Å². The Morgan fingerprint density at radius 1 is 1.38 bits per heavy atom. The Bertz CT molecular complexity index is 711. The highest BCUT2D eigenvalue weighted by molar-refractivity contribution is 7.08. The van der Waals surface area contributed by atoms with Crippen LogP contribution in [-0.4, -0.2) is 34.7 Å². The van der Waals surface area contributed by atoms with Gasteiger partial charge in [-0.2, -0.15) is 11.3 Å². The average molecular weight is 344 g/mol. The van der Waals surface area contributed by atoms with E-state index in [2.05, 4.69) is 16.8 Å². The third kappa shape index (κ3) is 2.86. The van der Waals surface area contributed by atoms with Crippen LogP contribution >= 0.6 is 11.3 Å². The van der Waals surface area contributed by atoms with Crippen molar-refractivity contribution in [3.8, 4) is 0 Å². The molecule has 0 aromatic carbocycles. The molecule has 6 heteroatoms. The lowest BCUT2D eigenvalue weighted by Crippen LogP contribution is -2.36. The molecule has 2 aliphatic heterocycles. The number of amides is 2. The summed E-state index contributed by atoms with van der Waals surface area (Å²) in [6.07, 6.45) is 3.96. The quantitative estimate of drug-likeness (QED) is 0.856. The van der Waals surface area contributed by atoms with Crippen molar-refractivity contribution in [1.82, 2.24) is 9.80 Å². The van der Waals surface area contributed by atoms with Crippen LogP contribution < -0.4 is 0 Å². The lowest BCUT2D eigenvalue weighted by molar-refractivity contribution is -0.136. The van der Waals surface area contributed by atoms with Gasteiger partial charge in [0, 0.05) is 19.5 Å². The van der Waals surface area contributed by atoms with Crippen LogP contribution in [0.5, 0.6) is 0 Å². The first-order valence-corrected chi connectivity index (χ1v) is 9.29. The molecule has 4 rings (SSSR count). The molecule has 2 amide bonds. The molecule has 0 aliphatic carbocycles. The zero-order valence-electron chi connectivity index (χ0n) is 13.4. The van der Waals surface area contributed by atoms with E-state index in [0.29, 0.717) is 19.5 Å². The van der Waals surface area contributed by atoms with Gasteiger partial charge in [0.1, 0.15) is 5.76 Å². The second kappa shape index (κ2) is 6.43. The smallest absolute Gasteiger partial charge is 0.228 e. The maximum Gasteiger partial charge on any atom is 0.228 e. The zero-order chi connectivity index (χ0) is 16.5. The summed E-state index contributed by atoms with van der Waals surface area (Å²) in [5, 5.41) is 4.18. The van der Waals surface area contributed by atoms with Gasteiger partial charge in [0.2, 0.25) is 11.8 Å². The summed E-state index contributed by atoms with van der Waals surface area (Å²) < 4.78 is 5.32. The highest BCUT2D eigenvalue weighted by Crippen LogP contribution is 2.35. The standard InChI is InChI=1S/C18H20N2O3S/c21-17-9-14(10-19(17)11-15-3-2-7-23-15)18(22)20-6-1-4-16(20)13-5-8-24-12-13/h2-3,5,7-8,12,14,16H,1,4,6,9-11H2/t14-,16+/m0/s1. The molecule has 2 fully saturated rings. The molecule has 0 spiro atoms. The van der Waals surface area contributed by atoms with E-state index in [1.807, 2.05) is 17.0 Å². The molecule has 0 saturated carbocycles. The third-order valence-electron chi connectivity index (χ3n) is 4.95. The zero-order valence-corrected chi connectivity index (χ0v) is 14.2. The fraction of sp³-hybridized carbons (Fsp3) is 0.444. The first kappa shape index (κ1) is 15.4. The number of rotatable bonds is 4. The summed E-state index contributed by atoms with van der Waals surface area (Å²) in [5.74, 6) is 0.690. The van der Waals surface area contributed by atoms with Crippen LogP contribution in [0.1, 0.15) is 36.6 Å². The SMILES string of the molecule is O=C1C[C@H](C(=O)N2CCC[C@@H]2c2ccsc2)CN1Cc1ccco1. The molecule has 2 saturated heterocycles. The van der Waals surface area contributed by atoms with Gasteiger partial charge in [-0.05, 0) is 47.4 Å². The van der Waals surface area contributed by atoms with Gasteiger partial charge in [0.25, 0.3) is 0 Å². The molecular formula is C18H20N2O3S. The number of hydrogen-bond acceptors (Lipinski definition) is 4. The van der Waals surface area contributed by atoms with E-state index in [1.165, 1.54) is 5.56 Å². The molecule has 4 heterocycles. The molecular weight excluding hydrogens is 324 g/mol. The van der Waals surface area contributed by atoms with E-state index in [-0.39, 0.29) is 23.8 Å². The summed E-state index contributed by atoms with van der Waals surface area (Å²) in [6.45, 7) is 1.73. The molecule has 0 unspecified atom stereocenters. The number of nitrogens with zero attached hydrogens (tertiary/aromatic N) is 2. The average Bonchev–Trinajstić information content (AvgIpc) is 3.36.